The van der Waals surface area contributed by atoms with Crippen molar-refractivity contribution in [1.29, 1.82) is 0 Å². The van der Waals surface area contributed by atoms with E-state index in [0.29, 0.717) is 0 Å². The summed E-state index contributed by atoms with van der Waals surface area (Å²) in [6, 6.07) is 0. The minimum atomic E-state index is 0. The van der Waals surface area contributed by atoms with E-state index < -0.39 is 0 Å². The van der Waals surface area contributed by atoms with E-state index in [2.05, 4.69) is 32.7 Å². The Labute approximate surface area is 77.9 Å². The molecule has 0 aliphatic heterocycles. The Bertz CT molecular complexity index is 102. The molecule has 61 valence electrons. The first-order valence-corrected chi connectivity index (χ1v) is 3.22. The third-order valence-corrected chi connectivity index (χ3v) is 1.41. The molecule has 0 aromatic carbocycles. The summed E-state index contributed by atoms with van der Waals surface area (Å²) in [4.78, 5) is 0. The molecule has 0 rings (SSSR count). The van der Waals surface area contributed by atoms with E-state index in [1.54, 1.807) is 0 Å². The van der Waals surface area contributed by atoms with Gasteiger partial charge in [-0.2, -0.15) is 7.05 Å². The zero-order valence-electron chi connectivity index (χ0n) is 7.24. The van der Waals surface area contributed by atoms with Crippen LogP contribution in [0.2, 0.25) is 0 Å². The van der Waals surface area contributed by atoms with Gasteiger partial charge in [-0.25, -0.2) is 0 Å². The number of likely N-dealkylation sites (N-methyl/N-ethyl adjacent to an activating group) is 1. The second-order valence-electron chi connectivity index (χ2n) is 3.33. The second-order valence-corrected chi connectivity index (χ2v) is 3.33. The Morgan fingerprint density at radius 2 is 1.80 bits per heavy atom. The summed E-state index contributed by atoms with van der Waals surface area (Å²) in [5.41, 5.74) is 1.42. The van der Waals surface area contributed by atoms with Crippen molar-refractivity contribution in [3.05, 3.63) is 17.5 Å². The minimum absolute atomic E-state index is 0. The van der Waals surface area contributed by atoms with Crippen molar-refractivity contribution >= 4 is 0 Å². The van der Waals surface area contributed by atoms with Crippen molar-refractivity contribution in [2.75, 3.05) is 13.6 Å². The van der Waals surface area contributed by atoms with E-state index in [0.717, 1.165) is 6.54 Å². The summed E-state index contributed by atoms with van der Waals surface area (Å²) < 4.78 is 0. The molecule has 0 aliphatic carbocycles. The van der Waals surface area contributed by atoms with Gasteiger partial charge in [0.2, 0.25) is 0 Å². The van der Waals surface area contributed by atoms with Gasteiger partial charge in [0.25, 0.3) is 0 Å². The van der Waals surface area contributed by atoms with Crippen LogP contribution in [0.25, 0.3) is 5.32 Å². The molecule has 0 saturated carbocycles. The van der Waals surface area contributed by atoms with Gasteiger partial charge in [-0.3, -0.25) is 0 Å². The molecule has 0 fully saturated rings. The van der Waals surface area contributed by atoms with Gasteiger partial charge in [0.1, 0.15) is 0 Å². The van der Waals surface area contributed by atoms with Crippen molar-refractivity contribution < 1.29 is 20.4 Å². The summed E-state index contributed by atoms with van der Waals surface area (Å²) in [7, 11) is 1.82. The van der Waals surface area contributed by atoms with E-state index in [1.165, 1.54) is 5.57 Å². The van der Waals surface area contributed by atoms with Crippen LogP contribution in [-0.4, -0.2) is 13.6 Å². The van der Waals surface area contributed by atoms with Crippen LogP contribution in [0.4, 0.5) is 0 Å². The molecule has 0 saturated heterocycles. The third kappa shape index (κ3) is 5.17. The molecule has 0 spiro atoms. The van der Waals surface area contributed by atoms with Crippen LogP contribution in [0.15, 0.2) is 12.2 Å². The molecule has 0 aliphatic rings. The Morgan fingerprint density at radius 1 is 1.40 bits per heavy atom. The molecule has 0 unspecified atom stereocenters. The molecule has 0 bridgehead atoms. The van der Waals surface area contributed by atoms with E-state index in [9.17, 15) is 0 Å². The van der Waals surface area contributed by atoms with Crippen molar-refractivity contribution in [2.45, 2.75) is 20.8 Å². The van der Waals surface area contributed by atoms with Gasteiger partial charge in [-0.15, -0.1) is 13.1 Å². The van der Waals surface area contributed by atoms with Gasteiger partial charge in [0.05, 0.1) is 0 Å². The summed E-state index contributed by atoms with van der Waals surface area (Å²) in [6.07, 6.45) is 0. The summed E-state index contributed by atoms with van der Waals surface area (Å²) in [6.45, 7) is 11.2. The summed E-state index contributed by atoms with van der Waals surface area (Å²) in [5.74, 6) is 0. The Kier molecular flexibility index (Phi) is 6.59. The van der Waals surface area contributed by atoms with E-state index in [4.69, 9.17) is 0 Å². The zero-order valence-corrected chi connectivity index (χ0v) is 9.96. The molecule has 2 heteroatoms. The largest absolute Gasteiger partial charge is 0.661 e. The smallest absolute Gasteiger partial charge is 0 e. The standard InChI is InChI=1S/C8H16N.Re/c1-7(6-9-5)8(2,3)4;/h1,6H2,2-5H3;/q-1;. The monoisotopic (exact) mass is 313 g/mol. The topological polar surface area (TPSA) is 14.1 Å². The maximum absolute atomic E-state index is 4.00. The molecule has 0 amide bonds. The normalized spacial score (nSPS) is 10.4. The van der Waals surface area contributed by atoms with Crippen LogP contribution in [-0.2, 0) is 20.4 Å². The van der Waals surface area contributed by atoms with E-state index in [-0.39, 0.29) is 25.8 Å². The molecule has 0 aromatic rings. The Morgan fingerprint density at radius 3 is 1.90 bits per heavy atom. The second kappa shape index (κ2) is 5.07. The molecule has 0 atom stereocenters. The fourth-order valence-electron chi connectivity index (χ4n) is 0.428. The van der Waals surface area contributed by atoms with Gasteiger partial charge >= 0.3 is 0 Å². The van der Waals surface area contributed by atoms with Crippen LogP contribution in [0.5, 0.6) is 0 Å². The molecular weight excluding hydrogens is 296 g/mol. The summed E-state index contributed by atoms with van der Waals surface area (Å²) >= 11 is 0. The van der Waals surface area contributed by atoms with Crippen LogP contribution in [0, 0.1) is 5.41 Å². The van der Waals surface area contributed by atoms with Crippen LogP contribution >= 0.6 is 0 Å². The molecule has 1 nitrogen and oxygen atoms in total. The van der Waals surface area contributed by atoms with Crippen LogP contribution < -0.4 is 0 Å². The van der Waals surface area contributed by atoms with Gasteiger partial charge < -0.3 is 5.32 Å². The van der Waals surface area contributed by atoms with Crippen molar-refractivity contribution in [1.82, 2.24) is 0 Å². The molecule has 0 N–H and O–H groups in total. The molecule has 0 heterocycles. The number of rotatable bonds is 2. The molecule has 10 heavy (non-hydrogen) atoms. The van der Waals surface area contributed by atoms with Crippen LogP contribution in [0.1, 0.15) is 20.8 Å². The Balaban J connectivity index is 0. The first-order chi connectivity index (χ1) is 3.98. The minimum Gasteiger partial charge on any atom is -0.661 e. The maximum atomic E-state index is 4.00. The number of hydrogen-bond donors (Lipinski definition) is 0. The van der Waals surface area contributed by atoms with Gasteiger partial charge in [0, 0.05) is 20.4 Å². The average Bonchev–Trinajstić information content (AvgIpc) is 1.64. The molecule has 0 aromatic heterocycles. The molecular formula is C8H16NRe-. The third-order valence-electron chi connectivity index (χ3n) is 1.41. The van der Waals surface area contributed by atoms with Gasteiger partial charge in [-0.1, -0.05) is 26.3 Å². The zero-order chi connectivity index (χ0) is 7.49. The van der Waals surface area contributed by atoms with Crippen molar-refractivity contribution in [3.63, 3.8) is 0 Å². The van der Waals surface area contributed by atoms with Gasteiger partial charge in [0.15, 0.2) is 0 Å². The van der Waals surface area contributed by atoms with E-state index in [1.807, 2.05) is 7.05 Å². The fourth-order valence-corrected chi connectivity index (χ4v) is 0.428. The van der Waals surface area contributed by atoms with Crippen molar-refractivity contribution in [2.24, 2.45) is 5.41 Å². The first kappa shape index (κ1) is 13.0. The van der Waals surface area contributed by atoms with Crippen molar-refractivity contribution in [3.8, 4) is 0 Å². The fraction of sp³-hybridized carbons (Fsp3) is 0.750. The number of nitrogens with zero attached hydrogens (tertiary/aromatic N) is 1. The maximum Gasteiger partial charge on any atom is 0 e. The SMILES string of the molecule is C=C(C[N-]C)C(C)(C)C.[Re]. The van der Waals surface area contributed by atoms with Gasteiger partial charge in [-0.05, 0) is 5.41 Å². The van der Waals surface area contributed by atoms with E-state index >= 15 is 0 Å². The summed E-state index contributed by atoms with van der Waals surface area (Å²) in [5, 5.41) is 4.00. The predicted octanol–water partition coefficient (Wildman–Crippen LogP) is 2.59. The van der Waals surface area contributed by atoms with Crippen LogP contribution in [0.3, 0.4) is 0 Å². The quantitative estimate of drug-likeness (QED) is 0.696. The average molecular weight is 312 g/mol. The predicted molar refractivity (Wildman–Crippen MR) is 42.7 cm³/mol. The molecule has 1 radical (unpaired) electrons. The first-order valence-electron chi connectivity index (χ1n) is 3.22. The Hall–Kier alpha value is 0.362. The number of hydrogen-bond acceptors (Lipinski definition) is 0.